The molecule has 1 N–H and O–H groups in total. The van der Waals surface area contributed by atoms with Crippen molar-refractivity contribution in [2.24, 2.45) is 0 Å². The Kier molecular flexibility index (Phi) is 7.04. The van der Waals surface area contributed by atoms with Crippen LogP contribution in [0.3, 0.4) is 0 Å². The zero-order valence-electron chi connectivity index (χ0n) is 18.7. The molecule has 33 heavy (non-hydrogen) atoms. The van der Waals surface area contributed by atoms with Gasteiger partial charge in [0.1, 0.15) is 5.82 Å². The first-order valence-electron chi connectivity index (χ1n) is 10.9. The molecule has 0 radical (unpaired) electrons. The van der Waals surface area contributed by atoms with Gasteiger partial charge in [-0.2, -0.15) is 5.21 Å². The fourth-order valence-corrected chi connectivity index (χ4v) is 3.68. The smallest absolute Gasteiger partial charge is 0.338 e. The predicted molar refractivity (Wildman–Crippen MR) is 127 cm³/mol. The van der Waals surface area contributed by atoms with Crippen LogP contribution in [0.1, 0.15) is 35.7 Å². The number of carbonyl (C=O) groups excluding carboxylic acids is 1. The van der Waals surface area contributed by atoms with Crippen molar-refractivity contribution >= 4 is 11.8 Å². The lowest BCUT2D eigenvalue weighted by atomic mass is 9.98. The topological polar surface area (TPSA) is 96.9 Å². The van der Waals surface area contributed by atoms with E-state index in [4.69, 9.17) is 4.74 Å². The number of ether oxygens (including phenoxy) is 1. The Bertz CT molecular complexity index is 1190. The van der Waals surface area contributed by atoms with Crippen LogP contribution in [0.5, 0.6) is 0 Å². The van der Waals surface area contributed by atoms with E-state index < -0.39 is 0 Å². The zero-order chi connectivity index (χ0) is 23.0. The van der Waals surface area contributed by atoms with Crippen LogP contribution in [0.15, 0.2) is 66.9 Å². The number of esters is 1. The quantitative estimate of drug-likeness (QED) is 0.381. The summed E-state index contributed by atoms with van der Waals surface area (Å²) in [5.41, 5.74) is 4.69. The summed E-state index contributed by atoms with van der Waals surface area (Å²) in [5, 5.41) is 14.4. The molecule has 0 fully saturated rings. The second-order valence-corrected chi connectivity index (χ2v) is 7.65. The number of nitrogens with one attached hydrogen (secondary N) is 1. The highest BCUT2D eigenvalue weighted by Gasteiger charge is 2.14. The Morgan fingerprint density at radius 1 is 1.06 bits per heavy atom. The fraction of sp³-hybridized carbons (Fsp3) is 0.240. The van der Waals surface area contributed by atoms with Crippen LogP contribution in [-0.4, -0.2) is 45.2 Å². The number of hydrogen-bond donors (Lipinski definition) is 1. The van der Waals surface area contributed by atoms with Gasteiger partial charge in [-0.05, 0) is 40.5 Å². The van der Waals surface area contributed by atoms with Crippen LogP contribution in [-0.2, 0) is 11.3 Å². The third-order valence-corrected chi connectivity index (χ3v) is 5.42. The highest BCUT2D eigenvalue weighted by Crippen LogP contribution is 2.30. The van der Waals surface area contributed by atoms with E-state index in [2.05, 4.69) is 67.8 Å². The minimum atomic E-state index is -0.362. The molecule has 2 aromatic heterocycles. The van der Waals surface area contributed by atoms with E-state index >= 15 is 0 Å². The summed E-state index contributed by atoms with van der Waals surface area (Å²) in [7, 11) is 1.38. The van der Waals surface area contributed by atoms with Gasteiger partial charge < -0.3 is 9.64 Å². The SMILES string of the molecule is CCCCN(Cc1ccc(-c2ccccc2-c2nn[nH]n2)cc1)c1cc(C(=O)OC)ccn1. The Balaban J connectivity index is 1.58. The van der Waals surface area contributed by atoms with Crippen molar-refractivity contribution in [3.8, 4) is 22.5 Å². The number of aromatic nitrogens is 5. The molecule has 0 spiro atoms. The molecule has 0 unspecified atom stereocenters. The number of tetrazole rings is 1. The molecule has 8 heteroatoms. The number of rotatable bonds is 9. The average molecular weight is 443 g/mol. The monoisotopic (exact) mass is 442 g/mol. The van der Waals surface area contributed by atoms with Gasteiger partial charge in [0, 0.05) is 24.8 Å². The number of methoxy groups -OCH3 is 1. The summed E-state index contributed by atoms with van der Waals surface area (Å²) in [6, 6.07) is 19.9. The Labute approximate surface area is 192 Å². The van der Waals surface area contributed by atoms with Crippen molar-refractivity contribution in [2.45, 2.75) is 26.3 Å². The van der Waals surface area contributed by atoms with E-state index in [1.54, 1.807) is 18.3 Å². The lowest BCUT2D eigenvalue weighted by molar-refractivity contribution is 0.0600. The van der Waals surface area contributed by atoms with E-state index in [1.807, 2.05) is 18.2 Å². The van der Waals surface area contributed by atoms with Gasteiger partial charge in [0.05, 0.1) is 12.7 Å². The normalized spacial score (nSPS) is 10.7. The number of aromatic amines is 1. The van der Waals surface area contributed by atoms with Crippen molar-refractivity contribution < 1.29 is 9.53 Å². The van der Waals surface area contributed by atoms with Gasteiger partial charge in [-0.3, -0.25) is 0 Å². The summed E-state index contributed by atoms with van der Waals surface area (Å²) >= 11 is 0. The highest BCUT2D eigenvalue weighted by molar-refractivity contribution is 5.90. The zero-order valence-corrected chi connectivity index (χ0v) is 18.7. The molecule has 0 saturated carbocycles. The molecular formula is C25H26N6O2. The van der Waals surface area contributed by atoms with Gasteiger partial charge in [-0.15, -0.1) is 10.2 Å². The lowest BCUT2D eigenvalue weighted by Crippen LogP contribution is -2.25. The van der Waals surface area contributed by atoms with Crippen LogP contribution in [0.2, 0.25) is 0 Å². The second-order valence-electron chi connectivity index (χ2n) is 7.65. The number of pyridine rings is 1. The van der Waals surface area contributed by atoms with Gasteiger partial charge in [-0.1, -0.05) is 61.9 Å². The Morgan fingerprint density at radius 3 is 2.55 bits per heavy atom. The maximum absolute atomic E-state index is 12.0. The number of benzene rings is 2. The number of hydrogen-bond acceptors (Lipinski definition) is 7. The van der Waals surface area contributed by atoms with E-state index in [9.17, 15) is 4.79 Å². The minimum absolute atomic E-state index is 0.362. The maximum atomic E-state index is 12.0. The summed E-state index contributed by atoms with van der Waals surface area (Å²) in [6.45, 7) is 3.69. The minimum Gasteiger partial charge on any atom is -0.465 e. The largest absolute Gasteiger partial charge is 0.465 e. The van der Waals surface area contributed by atoms with E-state index in [0.717, 1.165) is 47.5 Å². The molecule has 0 saturated heterocycles. The van der Waals surface area contributed by atoms with Crippen molar-refractivity contribution in [2.75, 3.05) is 18.6 Å². The van der Waals surface area contributed by atoms with Crippen molar-refractivity contribution in [3.63, 3.8) is 0 Å². The lowest BCUT2D eigenvalue weighted by Gasteiger charge is -2.24. The van der Waals surface area contributed by atoms with Gasteiger partial charge in [-0.25, -0.2) is 9.78 Å². The summed E-state index contributed by atoms with van der Waals surface area (Å²) in [4.78, 5) is 18.7. The molecule has 0 bridgehead atoms. The molecule has 0 amide bonds. The summed E-state index contributed by atoms with van der Waals surface area (Å²) in [6.07, 6.45) is 3.75. The Morgan fingerprint density at radius 2 is 1.85 bits per heavy atom. The summed E-state index contributed by atoms with van der Waals surface area (Å²) in [5.74, 6) is 0.966. The van der Waals surface area contributed by atoms with Crippen molar-refractivity contribution in [1.82, 2.24) is 25.6 Å². The molecule has 4 aromatic rings. The molecule has 0 aliphatic carbocycles. The highest BCUT2D eigenvalue weighted by atomic mass is 16.5. The molecule has 2 heterocycles. The first-order valence-corrected chi connectivity index (χ1v) is 10.9. The molecular weight excluding hydrogens is 416 g/mol. The van der Waals surface area contributed by atoms with Gasteiger partial charge >= 0.3 is 5.97 Å². The predicted octanol–water partition coefficient (Wildman–Crippen LogP) is 4.52. The number of H-pyrrole nitrogens is 1. The molecule has 0 aliphatic heterocycles. The van der Waals surface area contributed by atoms with Crippen LogP contribution < -0.4 is 4.90 Å². The van der Waals surface area contributed by atoms with Crippen LogP contribution >= 0.6 is 0 Å². The summed E-state index contributed by atoms with van der Waals surface area (Å²) < 4.78 is 4.86. The molecule has 168 valence electrons. The number of unbranched alkanes of at least 4 members (excludes halogenated alkanes) is 1. The Hall–Kier alpha value is -4.07. The van der Waals surface area contributed by atoms with E-state index in [1.165, 1.54) is 7.11 Å². The standard InChI is InChI=1S/C25H26N6O2/c1-3-4-15-31(23-16-20(13-14-26-23)25(32)33-2)17-18-9-11-19(12-10-18)21-7-5-6-8-22(21)24-27-29-30-28-24/h5-14,16H,3-4,15,17H2,1-2H3,(H,27,28,29,30). The van der Waals surface area contributed by atoms with Crippen LogP contribution in [0, 0.1) is 0 Å². The molecule has 4 rings (SSSR count). The molecule has 0 atom stereocenters. The third kappa shape index (κ3) is 5.23. The maximum Gasteiger partial charge on any atom is 0.338 e. The van der Waals surface area contributed by atoms with Crippen LogP contribution in [0.25, 0.3) is 22.5 Å². The molecule has 0 aliphatic rings. The number of carbonyl (C=O) groups is 1. The first-order chi connectivity index (χ1) is 16.2. The molecule has 8 nitrogen and oxygen atoms in total. The van der Waals surface area contributed by atoms with E-state index in [0.29, 0.717) is 17.9 Å². The van der Waals surface area contributed by atoms with Gasteiger partial charge in [0.2, 0.25) is 5.82 Å². The first kappa shape index (κ1) is 22.1. The second kappa shape index (κ2) is 10.5. The van der Waals surface area contributed by atoms with Crippen LogP contribution in [0.4, 0.5) is 5.82 Å². The molecule has 2 aromatic carbocycles. The van der Waals surface area contributed by atoms with Gasteiger partial charge in [0.15, 0.2) is 0 Å². The average Bonchev–Trinajstić information content (AvgIpc) is 3.41. The fourth-order valence-electron chi connectivity index (χ4n) is 3.68. The van der Waals surface area contributed by atoms with E-state index in [-0.39, 0.29) is 5.97 Å². The van der Waals surface area contributed by atoms with Crippen molar-refractivity contribution in [3.05, 3.63) is 78.0 Å². The third-order valence-electron chi connectivity index (χ3n) is 5.42. The number of anilines is 1. The van der Waals surface area contributed by atoms with Crippen molar-refractivity contribution in [1.29, 1.82) is 0 Å². The number of nitrogens with zero attached hydrogens (tertiary/aromatic N) is 5. The van der Waals surface area contributed by atoms with Gasteiger partial charge in [0.25, 0.3) is 0 Å².